The highest BCUT2D eigenvalue weighted by molar-refractivity contribution is 6.09. The third kappa shape index (κ3) is 5.71. The zero-order chi connectivity index (χ0) is 39.5. The molecular weight excluding hydrogens is 713 g/mol. The van der Waals surface area contributed by atoms with Crippen LogP contribution in [-0.2, 0) is 5.41 Å². The minimum Gasteiger partial charge on any atom is -0.310 e. The molecule has 0 amide bonds. The van der Waals surface area contributed by atoms with Crippen molar-refractivity contribution in [2.24, 2.45) is 0 Å². The molecule has 0 radical (unpaired) electrons. The van der Waals surface area contributed by atoms with Gasteiger partial charge in [0.05, 0.1) is 16.7 Å². The van der Waals surface area contributed by atoms with E-state index in [2.05, 4.69) is 242 Å². The SMILES string of the molecule is CC1(C)c2ccccc2-c2c(-c3ccc(-n4c5ccccc5c5ccccc54)cc3)ccc(N(c3ccc(-c4ccccc4)cc3)c3ccc(-c4ccccc4)cc3)c21. The Kier molecular flexibility index (Phi) is 8.20. The van der Waals surface area contributed by atoms with Gasteiger partial charge in [-0.15, -0.1) is 0 Å². The fraction of sp³-hybridized carbons (Fsp3) is 0.0526. The lowest BCUT2D eigenvalue weighted by atomic mass is 9.80. The van der Waals surface area contributed by atoms with E-state index in [1.807, 2.05) is 0 Å². The van der Waals surface area contributed by atoms with Gasteiger partial charge >= 0.3 is 0 Å². The summed E-state index contributed by atoms with van der Waals surface area (Å²) in [6.07, 6.45) is 0. The summed E-state index contributed by atoms with van der Waals surface area (Å²) in [5, 5.41) is 2.54. The van der Waals surface area contributed by atoms with Crippen molar-refractivity contribution in [2.75, 3.05) is 4.90 Å². The molecule has 0 saturated heterocycles. The molecule has 0 bridgehead atoms. The molecule has 0 spiro atoms. The van der Waals surface area contributed by atoms with Crippen LogP contribution in [0.25, 0.3) is 72.0 Å². The van der Waals surface area contributed by atoms with E-state index in [0.29, 0.717) is 0 Å². The van der Waals surface area contributed by atoms with Crippen LogP contribution in [-0.4, -0.2) is 4.57 Å². The van der Waals surface area contributed by atoms with Crippen LogP contribution in [0.1, 0.15) is 25.0 Å². The highest BCUT2D eigenvalue weighted by Gasteiger charge is 2.40. The second-order valence-electron chi connectivity index (χ2n) is 16.1. The zero-order valence-corrected chi connectivity index (χ0v) is 33.2. The number of aromatic nitrogens is 1. The first-order valence-corrected chi connectivity index (χ1v) is 20.5. The van der Waals surface area contributed by atoms with Gasteiger partial charge in [-0.25, -0.2) is 0 Å². The van der Waals surface area contributed by atoms with E-state index in [1.54, 1.807) is 0 Å². The molecule has 280 valence electrons. The van der Waals surface area contributed by atoms with Crippen LogP contribution in [0.4, 0.5) is 17.1 Å². The van der Waals surface area contributed by atoms with E-state index in [9.17, 15) is 0 Å². The molecule has 9 aromatic carbocycles. The highest BCUT2D eigenvalue weighted by atomic mass is 15.1. The normalized spacial score (nSPS) is 12.7. The summed E-state index contributed by atoms with van der Waals surface area (Å²) in [7, 11) is 0. The van der Waals surface area contributed by atoms with Gasteiger partial charge in [0.25, 0.3) is 0 Å². The smallest absolute Gasteiger partial charge is 0.0541 e. The van der Waals surface area contributed by atoms with E-state index >= 15 is 0 Å². The van der Waals surface area contributed by atoms with Gasteiger partial charge in [-0.05, 0) is 110 Å². The molecule has 0 atom stereocenters. The Bertz CT molecular complexity index is 3000. The van der Waals surface area contributed by atoms with Crippen molar-refractivity contribution in [3.8, 4) is 50.2 Å². The van der Waals surface area contributed by atoms with E-state index in [4.69, 9.17) is 0 Å². The Morgan fingerprint density at radius 3 is 1.39 bits per heavy atom. The van der Waals surface area contributed by atoms with E-state index in [-0.39, 0.29) is 5.41 Å². The first-order valence-electron chi connectivity index (χ1n) is 20.5. The van der Waals surface area contributed by atoms with Gasteiger partial charge < -0.3 is 9.47 Å². The number of fused-ring (bicyclic) bond motifs is 6. The van der Waals surface area contributed by atoms with Gasteiger partial charge in [0, 0.05) is 33.2 Å². The van der Waals surface area contributed by atoms with E-state index < -0.39 is 0 Å². The Balaban J connectivity index is 1.09. The van der Waals surface area contributed by atoms with Gasteiger partial charge in [-0.1, -0.05) is 178 Å². The Morgan fingerprint density at radius 1 is 0.373 bits per heavy atom. The van der Waals surface area contributed by atoms with Crippen LogP contribution in [0.2, 0.25) is 0 Å². The molecule has 0 fully saturated rings. The molecule has 1 heterocycles. The first kappa shape index (κ1) is 34.8. The molecule has 10 aromatic rings. The van der Waals surface area contributed by atoms with Crippen LogP contribution in [0.15, 0.2) is 218 Å². The number of anilines is 3. The quantitative estimate of drug-likeness (QED) is 0.157. The summed E-state index contributed by atoms with van der Waals surface area (Å²) in [6.45, 7) is 4.79. The number of benzene rings is 9. The van der Waals surface area contributed by atoms with Crippen molar-refractivity contribution in [3.05, 3.63) is 230 Å². The fourth-order valence-corrected chi connectivity index (χ4v) is 9.60. The molecule has 1 aromatic heterocycles. The summed E-state index contributed by atoms with van der Waals surface area (Å²) < 4.78 is 2.39. The topological polar surface area (TPSA) is 8.17 Å². The second kappa shape index (κ2) is 13.9. The molecule has 2 nitrogen and oxygen atoms in total. The molecule has 59 heavy (non-hydrogen) atoms. The maximum atomic E-state index is 2.46. The lowest BCUT2D eigenvalue weighted by molar-refractivity contribution is 0.661. The van der Waals surface area contributed by atoms with Crippen LogP contribution < -0.4 is 4.90 Å². The number of hydrogen-bond acceptors (Lipinski definition) is 1. The summed E-state index contributed by atoms with van der Waals surface area (Å²) >= 11 is 0. The predicted molar refractivity (Wildman–Crippen MR) is 249 cm³/mol. The van der Waals surface area contributed by atoms with Crippen molar-refractivity contribution < 1.29 is 0 Å². The average molecular weight is 755 g/mol. The van der Waals surface area contributed by atoms with Gasteiger partial charge in [-0.3, -0.25) is 0 Å². The molecule has 0 aliphatic heterocycles. The number of nitrogens with zero attached hydrogens (tertiary/aromatic N) is 2. The van der Waals surface area contributed by atoms with Crippen LogP contribution in [0, 0.1) is 0 Å². The van der Waals surface area contributed by atoms with Gasteiger partial charge in [0.2, 0.25) is 0 Å². The summed E-state index contributed by atoms with van der Waals surface area (Å²) in [5.41, 5.74) is 19.3. The maximum Gasteiger partial charge on any atom is 0.0541 e. The molecule has 1 aliphatic carbocycles. The summed E-state index contributed by atoms with van der Waals surface area (Å²) in [4.78, 5) is 2.46. The monoisotopic (exact) mass is 754 g/mol. The van der Waals surface area contributed by atoms with E-state index in [0.717, 1.165) is 17.1 Å². The van der Waals surface area contributed by atoms with Crippen LogP contribution in [0.5, 0.6) is 0 Å². The highest BCUT2D eigenvalue weighted by Crippen LogP contribution is 2.57. The maximum absolute atomic E-state index is 2.46. The van der Waals surface area contributed by atoms with Gasteiger partial charge in [0.1, 0.15) is 0 Å². The molecule has 2 heteroatoms. The van der Waals surface area contributed by atoms with Crippen molar-refractivity contribution in [1.82, 2.24) is 4.57 Å². The molecule has 0 saturated carbocycles. The largest absolute Gasteiger partial charge is 0.310 e. The van der Waals surface area contributed by atoms with E-state index in [1.165, 1.54) is 83.1 Å². The minimum absolute atomic E-state index is 0.258. The molecule has 1 aliphatic rings. The second-order valence-corrected chi connectivity index (χ2v) is 16.1. The van der Waals surface area contributed by atoms with Crippen molar-refractivity contribution in [2.45, 2.75) is 19.3 Å². The van der Waals surface area contributed by atoms with Crippen LogP contribution in [0.3, 0.4) is 0 Å². The third-order valence-electron chi connectivity index (χ3n) is 12.4. The van der Waals surface area contributed by atoms with Crippen molar-refractivity contribution >= 4 is 38.9 Å². The summed E-state index contributed by atoms with van der Waals surface area (Å²) in [6, 6.07) is 79.7. The standard InChI is InChI=1S/C57H42N2/c1-57(2)51-22-12-9-21-50(51)55-47(43-29-35-46(36-30-43)59-52-23-13-10-19-48(52)49-20-11-14-24-53(49)59)37-38-54(56(55)57)58(44-31-25-41(26-32-44)39-15-5-3-6-16-39)45-33-27-42(28-34-45)40-17-7-4-8-18-40/h3-38H,1-2H3. The Morgan fingerprint density at radius 2 is 0.831 bits per heavy atom. The third-order valence-corrected chi connectivity index (χ3v) is 12.4. The van der Waals surface area contributed by atoms with Gasteiger partial charge in [-0.2, -0.15) is 0 Å². The average Bonchev–Trinajstić information content (AvgIpc) is 3.76. The number of para-hydroxylation sites is 2. The molecule has 11 rings (SSSR count). The molecule has 0 N–H and O–H groups in total. The Labute approximate surface area is 345 Å². The first-order chi connectivity index (χ1) is 29.0. The summed E-state index contributed by atoms with van der Waals surface area (Å²) in [5.74, 6) is 0. The van der Waals surface area contributed by atoms with Gasteiger partial charge in [0.15, 0.2) is 0 Å². The van der Waals surface area contributed by atoms with Crippen molar-refractivity contribution in [1.29, 1.82) is 0 Å². The number of rotatable bonds is 7. The zero-order valence-electron chi connectivity index (χ0n) is 33.2. The number of hydrogen-bond donors (Lipinski definition) is 0. The molecular formula is C57H42N2. The molecule has 0 unspecified atom stereocenters. The minimum atomic E-state index is -0.258. The van der Waals surface area contributed by atoms with Crippen molar-refractivity contribution in [3.63, 3.8) is 0 Å². The predicted octanol–water partition coefficient (Wildman–Crippen LogP) is 15.6. The lowest BCUT2D eigenvalue weighted by Crippen LogP contribution is -2.20. The Hall–Kier alpha value is -7.42. The lowest BCUT2D eigenvalue weighted by Gasteiger charge is -2.33. The van der Waals surface area contributed by atoms with Crippen LogP contribution >= 0.6 is 0 Å². The fourth-order valence-electron chi connectivity index (χ4n) is 9.60.